The highest BCUT2D eigenvalue weighted by molar-refractivity contribution is 6.02. The van der Waals surface area contributed by atoms with Crippen molar-refractivity contribution in [3.63, 3.8) is 0 Å². The third-order valence-electron chi connectivity index (χ3n) is 4.94. The van der Waals surface area contributed by atoms with E-state index in [0.29, 0.717) is 31.7 Å². The van der Waals surface area contributed by atoms with Gasteiger partial charge in [0.25, 0.3) is 0 Å². The van der Waals surface area contributed by atoms with Crippen LogP contribution in [0.2, 0.25) is 0 Å². The molecule has 0 bridgehead atoms. The number of rotatable bonds is 4. The number of carbonyl (C=O) groups is 3. The van der Waals surface area contributed by atoms with Crippen LogP contribution in [0.4, 0.5) is 5.69 Å². The summed E-state index contributed by atoms with van der Waals surface area (Å²) in [6.07, 6.45) is 1.29. The molecule has 7 nitrogen and oxygen atoms in total. The lowest BCUT2D eigenvalue weighted by Crippen LogP contribution is -2.49. The van der Waals surface area contributed by atoms with Crippen molar-refractivity contribution in [1.29, 1.82) is 0 Å². The van der Waals surface area contributed by atoms with E-state index < -0.39 is 11.9 Å². The van der Waals surface area contributed by atoms with E-state index in [4.69, 9.17) is 4.74 Å². The lowest BCUT2D eigenvalue weighted by molar-refractivity contribution is -0.149. The fraction of sp³-hybridized carbons (Fsp3) is 0.500. The number of amides is 2. The first-order chi connectivity index (χ1) is 12.0. The molecule has 1 fully saturated rings. The molecule has 7 heteroatoms. The van der Waals surface area contributed by atoms with Gasteiger partial charge < -0.3 is 19.6 Å². The van der Waals surface area contributed by atoms with Crippen LogP contribution in [-0.4, -0.2) is 60.6 Å². The number of hydrogen-bond acceptors (Lipinski definition) is 4. The van der Waals surface area contributed by atoms with Crippen molar-refractivity contribution in [3.05, 3.63) is 29.8 Å². The molecule has 0 aliphatic carbocycles. The molecule has 2 amide bonds. The first kappa shape index (κ1) is 17.4. The lowest BCUT2D eigenvalue weighted by Gasteiger charge is -2.38. The molecular formula is C18H22N2O5. The van der Waals surface area contributed by atoms with E-state index in [2.05, 4.69) is 0 Å². The van der Waals surface area contributed by atoms with Gasteiger partial charge in [0, 0.05) is 38.4 Å². The predicted octanol–water partition coefficient (Wildman–Crippen LogP) is 1.23. The molecule has 1 saturated heterocycles. The Bertz CT molecular complexity index is 684. The Morgan fingerprint density at radius 1 is 1.28 bits per heavy atom. The zero-order valence-electron chi connectivity index (χ0n) is 14.2. The summed E-state index contributed by atoms with van der Waals surface area (Å²) in [5, 5.41) is 9.25. The summed E-state index contributed by atoms with van der Waals surface area (Å²) in [4.78, 5) is 39.8. The Balaban J connectivity index is 1.92. The number of fused-ring (bicyclic) bond motifs is 1. The van der Waals surface area contributed by atoms with Crippen LogP contribution in [0.15, 0.2) is 24.3 Å². The van der Waals surface area contributed by atoms with Gasteiger partial charge in [-0.2, -0.15) is 0 Å². The van der Waals surface area contributed by atoms with Crippen LogP contribution in [0.3, 0.4) is 0 Å². The van der Waals surface area contributed by atoms with Crippen LogP contribution in [0.5, 0.6) is 0 Å². The number of hydrogen-bond donors (Lipinski definition) is 1. The van der Waals surface area contributed by atoms with Crippen molar-refractivity contribution < 1.29 is 24.2 Å². The lowest BCUT2D eigenvalue weighted by atomic mass is 9.87. The normalized spacial score (nSPS) is 20.9. The summed E-state index contributed by atoms with van der Waals surface area (Å²) in [6.45, 7) is 0.667. The summed E-state index contributed by atoms with van der Waals surface area (Å²) in [5.41, 5.74) is 1.48. The van der Waals surface area contributed by atoms with E-state index in [-0.39, 0.29) is 30.8 Å². The molecular weight excluding hydrogens is 324 g/mol. The number of nitrogens with zero attached hydrogens (tertiary/aromatic N) is 2. The van der Waals surface area contributed by atoms with Gasteiger partial charge in [-0.15, -0.1) is 0 Å². The molecule has 0 aromatic heterocycles. The Hall–Kier alpha value is -2.41. The molecule has 2 heterocycles. The smallest absolute Gasteiger partial charge is 0.323 e. The minimum Gasteiger partial charge on any atom is -0.480 e. The van der Waals surface area contributed by atoms with Gasteiger partial charge >= 0.3 is 5.97 Å². The van der Waals surface area contributed by atoms with Gasteiger partial charge in [0.05, 0.1) is 5.92 Å². The molecule has 1 atom stereocenters. The van der Waals surface area contributed by atoms with Crippen LogP contribution in [0.25, 0.3) is 0 Å². The van der Waals surface area contributed by atoms with E-state index in [0.717, 1.165) is 5.56 Å². The molecule has 0 spiro atoms. The van der Waals surface area contributed by atoms with Crippen LogP contribution in [0.1, 0.15) is 30.7 Å². The first-order valence-corrected chi connectivity index (χ1v) is 8.44. The average Bonchev–Trinajstić information content (AvgIpc) is 2.63. The Morgan fingerprint density at radius 3 is 2.64 bits per heavy atom. The summed E-state index contributed by atoms with van der Waals surface area (Å²) in [6, 6.07) is 7.13. The minimum atomic E-state index is -1.05. The zero-order chi connectivity index (χ0) is 18.0. The molecule has 134 valence electrons. The van der Waals surface area contributed by atoms with Crippen molar-refractivity contribution in [1.82, 2.24) is 4.90 Å². The summed E-state index contributed by atoms with van der Waals surface area (Å²) in [7, 11) is 1.69. The van der Waals surface area contributed by atoms with Gasteiger partial charge in [0.15, 0.2) is 0 Å². The molecule has 1 aromatic carbocycles. The van der Waals surface area contributed by atoms with E-state index in [1.165, 1.54) is 4.90 Å². The van der Waals surface area contributed by atoms with Crippen LogP contribution >= 0.6 is 0 Å². The Labute approximate surface area is 146 Å². The van der Waals surface area contributed by atoms with E-state index >= 15 is 0 Å². The van der Waals surface area contributed by atoms with Crippen molar-refractivity contribution in [2.75, 3.05) is 31.7 Å². The molecule has 1 unspecified atom stereocenters. The standard InChI is InChI=1S/C18H22N2O5/c1-19-15-5-3-2-4-13(15)14(10-16(19)21)18(24)20(11-17(22)23)12-6-8-25-9-7-12/h2-5,12,14H,6-11H2,1H3,(H,22,23). The molecule has 1 N–H and O–H groups in total. The maximum Gasteiger partial charge on any atom is 0.323 e. The average molecular weight is 346 g/mol. The SMILES string of the molecule is CN1C(=O)CC(C(=O)N(CC(=O)O)C2CCOCC2)c2ccccc21. The molecule has 0 saturated carbocycles. The molecule has 3 rings (SSSR count). The van der Waals surface area contributed by atoms with Crippen molar-refractivity contribution in [2.45, 2.75) is 31.2 Å². The topological polar surface area (TPSA) is 87.2 Å². The molecule has 0 radical (unpaired) electrons. The maximum atomic E-state index is 13.2. The van der Waals surface area contributed by atoms with Gasteiger partial charge in [-0.3, -0.25) is 14.4 Å². The number of benzene rings is 1. The van der Waals surface area contributed by atoms with Gasteiger partial charge in [-0.05, 0) is 24.5 Å². The fourth-order valence-electron chi connectivity index (χ4n) is 3.59. The summed E-state index contributed by atoms with van der Waals surface area (Å²) < 4.78 is 5.32. The Kier molecular flexibility index (Phi) is 5.03. The maximum absolute atomic E-state index is 13.2. The van der Waals surface area contributed by atoms with Crippen LogP contribution < -0.4 is 4.90 Å². The van der Waals surface area contributed by atoms with Gasteiger partial charge in [-0.25, -0.2) is 0 Å². The number of aliphatic carboxylic acids is 1. The number of anilines is 1. The second-order valence-electron chi connectivity index (χ2n) is 6.47. The van der Waals surface area contributed by atoms with Crippen molar-refractivity contribution >= 4 is 23.5 Å². The summed E-state index contributed by atoms with van der Waals surface area (Å²) >= 11 is 0. The van der Waals surface area contributed by atoms with Crippen molar-refractivity contribution in [3.8, 4) is 0 Å². The number of ether oxygens (including phenoxy) is 1. The predicted molar refractivity (Wildman–Crippen MR) is 90.4 cm³/mol. The fourth-order valence-corrected chi connectivity index (χ4v) is 3.59. The highest BCUT2D eigenvalue weighted by Crippen LogP contribution is 2.37. The number of carboxylic acid groups (broad SMARTS) is 1. The van der Waals surface area contributed by atoms with Crippen LogP contribution in [0, 0.1) is 0 Å². The minimum absolute atomic E-state index is 0.0612. The number of carbonyl (C=O) groups excluding carboxylic acids is 2. The highest BCUT2D eigenvalue weighted by atomic mass is 16.5. The number of carboxylic acids is 1. The van der Waals surface area contributed by atoms with Gasteiger partial charge in [-0.1, -0.05) is 18.2 Å². The molecule has 2 aliphatic rings. The van der Waals surface area contributed by atoms with E-state index in [1.54, 1.807) is 11.9 Å². The summed E-state index contributed by atoms with van der Waals surface area (Å²) in [5.74, 6) is -2.11. The zero-order valence-corrected chi connectivity index (χ0v) is 14.2. The third kappa shape index (κ3) is 3.51. The van der Waals surface area contributed by atoms with E-state index in [1.807, 2.05) is 24.3 Å². The third-order valence-corrected chi connectivity index (χ3v) is 4.94. The van der Waals surface area contributed by atoms with E-state index in [9.17, 15) is 19.5 Å². The molecule has 25 heavy (non-hydrogen) atoms. The number of para-hydroxylation sites is 1. The monoisotopic (exact) mass is 346 g/mol. The second kappa shape index (κ2) is 7.23. The highest BCUT2D eigenvalue weighted by Gasteiger charge is 2.38. The van der Waals surface area contributed by atoms with Crippen molar-refractivity contribution in [2.24, 2.45) is 0 Å². The second-order valence-corrected chi connectivity index (χ2v) is 6.47. The first-order valence-electron chi connectivity index (χ1n) is 8.44. The largest absolute Gasteiger partial charge is 0.480 e. The Morgan fingerprint density at radius 2 is 1.96 bits per heavy atom. The quantitative estimate of drug-likeness (QED) is 0.886. The molecule has 2 aliphatic heterocycles. The van der Waals surface area contributed by atoms with Gasteiger partial charge in [0.1, 0.15) is 6.54 Å². The van der Waals surface area contributed by atoms with Gasteiger partial charge in [0.2, 0.25) is 11.8 Å². The molecule has 1 aromatic rings. The van der Waals surface area contributed by atoms with Crippen LogP contribution in [-0.2, 0) is 19.1 Å².